The predicted octanol–water partition coefficient (Wildman–Crippen LogP) is 8.23. The third-order valence-corrected chi connectivity index (χ3v) is 5.39. The van der Waals surface area contributed by atoms with Crippen molar-refractivity contribution in [1.82, 2.24) is 0 Å². The molecule has 0 saturated heterocycles. The van der Waals surface area contributed by atoms with Crippen molar-refractivity contribution in [2.75, 3.05) is 6.61 Å². The minimum Gasteiger partial charge on any atom is -0.465 e. The van der Waals surface area contributed by atoms with E-state index in [9.17, 15) is 4.79 Å². The SMILES string of the molecule is CCCCCCCCCCCCCCCCC(C)C(=O)OCCCCC. The zero-order valence-corrected chi connectivity index (χ0v) is 18.3. The summed E-state index contributed by atoms with van der Waals surface area (Å²) in [7, 11) is 0. The largest absolute Gasteiger partial charge is 0.465 e. The molecule has 26 heavy (non-hydrogen) atoms. The van der Waals surface area contributed by atoms with E-state index in [1.54, 1.807) is 0 Å². The predicted molar refractivity (Wildman–Crippen MR) is 115 cm³/mol. The van der Waals surface area contributed by atoms with Crippen molar-refractivity contribution >= 4 is 5.97 Å². The van der Waals surface area contributed by atoms with E-state index in [1.807, 2.05) is 6.92 Å². The Morgan fingerprint density at radius 2 is 1.00 bits per heavy atom. The highest BCUT2D eigenvalue weighted by Crippen LogP contribution is 2.15. The maximum absolute atomic E-state index is 11.8. The van der Waals surface area contributed by atoms with E-state index >= 15 is 0 Å². The fourth-order valence-electron chi connectivity index (χ4n) is 3.43. The number of carbonyl (C=O) groups excluding carboxylic acids is 1. The van der Waals surface area contributed by atoms with Crippen LogP contribution in [0.1, 0.15) is 136 Å². The normalized spacial score (nSPS) is 12.3. The lowest BCUT2D eigenvalue weighted by Crippen LogP contribution is -2.15. The fraction of sp³-hybridized carbons (Fsp3) is 0.958. The van der Waals surface area contributed by atoms with E-state index in [0.29, 0.717) is 6.61 Å². The van der Waals surface area contributed by atoms with Crippen LogP contribution in [0.25, 0.3) is 0 Å². The number of esters is 1. The Morgan fingerprint density at radius 3 is 1.46 bits per heavy atom. The lowest BCUT2D eigenvalue weighted by molar-refractivity contribution is -0.148. The molecule has 0 N–H and O–H groups in total. The third kappa shape index (κ3) is 18.3. The summed E-state index contributed by atoms with van der Waals surface area (Å²) in [5.74, 6) is 0.0877. The Kier molecular flexibility index (Phi) is 20.4. The summed E-state index contributed by atoms with van der Waals surface area (Å²) in [6, 6.07) is 0. The van der Waals surface area contributed by atoms with Gasteiger partial charge in [-0.1, -0.05) is 124 Å². The molecule has 0 fully saturated rings. The number of hydrogen-bond donors (Lipinski definition) is 0. The quantitative estimate of drug-likeness (QED) is 0.160. The number of carbonyl (C=O) groups is 1. The maximum atomic E-state index is 11.8. The van der Waals surface area contributed by atoms with Crippen molar-refractivity contribution in [2.45, 2.75) is 136 Å². The van der Waals surface area contributed by atoms with E-state index in [1.165, 1.54) is 96.3 Å². The second-order valence-electron chi connectivity index (χ2n) is 8.16. The Bertz CT molecular complexity index is 288. The smallest absolute Gasteiger partial charge is 0.308 e. The molecular formula is C24H48O2. The van der Waals surface area contributed by atoms with E-state index in [2.05, 4.69) is 13.8 Å². The molecule has 0 spiro atoms. The molecule has 0 aliphatic carbocycles. The van der Waals surface area contributed by atoms with Crippen molar-refractivity contribution in [3.8, 4) is 0 Å². The van der Waals surface area contributed by atoms with Crippen LogP contribution in [0.15, 0.2) is 0 Å². The van der Waals surface area contributed by atoms with Crippen molar-refractivity contribution < 1.29 is 9.53 Å². The highest BCUT2D eigenvalue weighted by Gasteiger charge is 2.13. The van der Waals surface area contributed by atoms with E-state index in [-0.39, 0.29) is 11.9 Å². The molecule has 156 valence electrons. The van der Waals surface area contributed by atoms with Crippen LogP contribution in [0.2, 0.25) is 0 Å². The molecule has 0 rings (SSSR count). The van der Waals surface area contributed by atoms with Gasteiger partial charge in [-0.2, -0.15) is 0 Å². The van der Waals surface area contributed by atoms with Crippen LogP contribution in [0.3, 0.4) is 0 Å². The molecule has 0 aromatic carbocycles. The average Bonchev–Trinajstić information content (AvgIpc) is 2.65. The van der Waals surface area contributed by atoms with Crippen LogP contribution in [-0.2, 0) is 9.53 Å². The van der Waals surface area contributed by atoms with Crippen molar-refractivity contribution in [3.63, 3.8) is 0 Å². The molecule has 2 nitrogen and oxygen atoms in total. The van der Waals surface area contributed by atoms with Crippen LogP contribution in [0.5, 0.6) is 0 Å². The van der Waals surface area contributed by atoms with Gasteiger partial charge in [-0.3, -0.25) is 4.79 Å². The number of hydrogen-bond acceptors (Lipinski definition) is 2. The van der Waals surface area contributed by atoms with Crippen LogP contribution in [0, 0.1) is 5.92 Å². The molecule has 1 atom stereocenters. The molecule has 0 aromatic rings. The standard InChI is InChI=1S/C24H48O2/c1-4-6-8-9-10-11-12-13-14-15-16-17-18-19-21-23(3)24(25)26-22-20-7-5-2/h23H,4-22H2,1-3H3. The van der Waals surface area contributed by atoms with Gasteiger partial charge >= 0.3 is 5.97 Å². The first-order valence-electron chi connectivity index (χ1n) is 11.9. The van der Waals surface area contributed by atoms with Gasteiger partial charge in [0.25, 0.3) is 0 Å². The second kappa shape index (κ2) is 20.8. The lowest BCUT2D eigenvalue weighted by Gasteiger charge is -2.11. The molecule has 0 aliphatic rings. The second-order valence-corrected chi connectivity index (χ2v) is 8.16. The van der Waals surface area contributed by atoms with E-state index in [4.69, 9.17) is 4.74 Å². The maximum Gasteiger partial charge on any atom is 0.308 e. The van der Waals surface area contributed by atoms with Gasteiger partial charge in [0.15, 0.2) is 0 Å². The summed E-state index contributed by atoms with van der Waals surface area (Å²) in [4.78, 5) is 11.8. The van der Waals surface area contributed by atoms with Crippen molar-refractivity contribution in [3.05, 3.63) is 0 Å². The summed E-state index contributed by atoms with van der Waals surface area (Å²) in [6.07, 6.45) is 23.7. The minimum absolute atomic E-state index is 0.01000. The first-order valence-corrected chi connectivity index (χ1v) is 11.9. The summed E-state index contributed by atoms with van der Waals surface area (Å²) < 4.78 is 5.34. The Labute approximate surface area is 164 Å². The molecule has 0 aliphatic heterocycles. The molecule has 0 amide bonds. The zero-order valence-electron chi connectivity index (χ0n) is 18.3. The van der Waals surface area contributed by atoms with Gasteiger partial charge in [0.2, 0.25) is 0 Å². The Balaban J connectivity index is 3.23. The summed E-state index contributed by atoms with van der Waals surface area (Å²) in [5, 5.41) is 0. The number of ether oxygens (including phenoxy) is 1. The van der Waals surface area contributed by atoms with Gasteiger partial charge in [0.1, 0.15) is 0 Å². The van der Waals surface area contributed by atoms with E-state index < -0.39 is 0 Å². The van der Waals surface area contributed by atoms with Crippen LogP contribution in [-0.4, -0.2) is 12.6 Å². The molecule has 0 bridgehead atoms. The summed E-state index contributed by atoms with van der Waals surface area (Å²) in [6.45, 7) is 7.07. The molecule has 0 saturated carbocycles. The first kappa shape index (κ1) is 25.5. The Hall–Kier alpha value is -0.530. The number of unbranched alkanes of at least 4 members (excludes halogenated alkanes) is 15. The van der Waals surface area contributed by atoms with Crippen LogP contribution >= 0.6 is 0 Å². The van der Waals surface area contributed by atoms with Gasteiger partial charge in [0.05, 0.1) is 12.5 Å². The van der Waals surface area contributed by atoms with Crippen molar-refractivity contribution in [1.29, 1.82) is 0 Å². The zero-order chi connectivity index (χ0) is 19.3. The first-order chi connectivity index (χ1) is 12.7. The molecule has 2 heteroatoms. The lowest BCUT2D eigenvalue weighted by atomic mass is 10.0. The number of rotatable bonds is 20. The van der Waals surface area contributed by atoms with Gasteiger partial charge in [-0.15, -0.1) is 0 Å². The van der Waals surface area contributed by atoms with Crippen LogP contribution < -0.4 is 0 Å². The van der Waals surface area contributed by atoms with Crippen LogP contribution in [0.4, 0.5) is 0 Å². The van der Waals surface area contributed by atoms with Gasteiger partial charge in [-0.05, 0) is 12.8 Å². The molecule has 0 aromatic heterocycles. The third-order valence-electron chi connectivity index (χ3n) is 5.39. The average molecular weight is 369 g/mol. The monoisotopic (exact) mass is 368 g/mol. The molecule has 0 radical (unpaired) electrons. The van der Waals surface area contributed by atoms with Gasteiger partial charge in [0, 0.05) is 0 Å². The summed E-state index contributed by atoms with van der Waals surface area (Å²) in [5.41, 5.74) is 0. The molecule has 1 unspecified atom stereocenters. The summed E-state index contributed by atoms with van der Waals surface area (Å²) >= 11 is 0. The van der Waals surface area contributed by atoms with E-state index in [0.717, 1.165) is 19.3 Å². The van der Waals surface area contributed by atoms with Gasteiger partial charge in [-0.25, -0.2) is 0 Å². The highest BCUT2D eigenvalue weighted by atomic mass is 16.5. The fourth-order valence-corrected chi connectivity index (χ4v) is 3.43. The molecular weight excluding hydrogens is 320 g/mol. The topological polar surface area (TPSA) is 26.3 Å². The van der Waals surface area contributed by atoms with Crippen molar-refractivity contribution in [2.24, 2.45) is 5.92 Å². The molecule has 0 heterocycles. The minimum atomic E-state index is 0.01000. The highest BCUT2D eigenvalue weighted by molar-refractivity contribution is 5.71. The Morgan fingerprint density at radius 1 is 0.615 bits per heavy atom. The van der Waals surface area contributed by atoms with Gasteiger partial charge < -0.3 is 4.74 Å².